The Kier molecular flexibility index (Phi) is 2.66. The third kappa shape index (κ3) is 2.31. The number of H-pyrrole nitrogens is 1. The van der Waals surface area contributed by atoms with Crippen molar-refractivity contribution in [3.63, 3.8) is 0 Å². The topological polar surface area (TPSA) is 94.5 Å². The largest absolute Gasteiger partial charge is 0.310 e. The summed E-state index contributed by atoms with van der Waals surface area (Å²) in [6, 6.07) is 1.16. The van der Waals surface area contributed by atoms with Crippen LogP contribution in [0.15, 0.2) is 16.0 Å². The van der Waals surface area contributed by atoms with Gasteiger partial charge >= 0.3 is 0 Å². The zero-order valence-electron chi connectivity index (χ0n) is 7.35. The van der Waals surface area contributed by atoms with Crippen molar-refractivity contribution in [2.24, 2.45) is 5.11 Å². The van der Waals surface area contributed by atoms with Gasteiger partial charge < -0.3 is 4.98 Å². The lowest BCUT2D eigenvalue weighted by atomic mass is 10.2. The van der Waals surface area contributed by atoms with Crippen LogP contribution in [-0.4, -0.2) is 9.97 Å². The lowest BCUT2D eigenvalue weighted by Crippen LogP contribution is -2.10. The van der Waals surface area contributed by atoms with E-state index >= 15 is 0 Å². The first-order chi connectivity index (χ1) is 6.13. The van der Waals surface area contributed by atoms with Crippen LogP contribution in [0.1, 0.15) is 25.6 Å². The summed E-state index contributed by atoms with van der Waals surface area (Å²) in [7, 11) is 0. The summed E-state index contributed by atoms with van der Waals surface area (Å²) in [4.78, 5) is 20.1. The zero-order valence-corrected chi connectivity index (χ0v) is 7.35. The maximum absolute atomic E-state index is 11.0. The molecule has 0 aliphatic carbocycles. The molecule has 0 spiro atoms. The molecule has 1 N–H and O–H groups in total. The van der Waals surface area contributed by atoms with E-state index in [9.17, 15) is 4.79 Å². The van der Waals surface area contributed by atoms with Crippen molar-refractivity contribution in [1.29, 1.82) is 0 Å². The van der Waals surface area contributed by atoms with Gasteiger partial charge in [-0.1, -0.05) is 13.8 Å². The molecule has 0 bridgehead atoms. The Morgan fingerprint density at radius 1 is 1.69 bits per heavy atom. The van der Waals surface area contributed by atoms with Crippen LogP contribution in [-0.2, 0) is 0 Å². The fraction of sp³-hybridized carbons (Fsp3) is 0.429. The summed E-state index contributed by atoms with van der Waals surface area (Å²) in [6.45, 7) is 3.77. The van der Waals surface area contributed by atoms with E-state index in [1.165, 1.54) is 0 Å². The summed E-state index contributed by atoms with van der Waals surface area (Å²) >= 11 is 0. The van der Waals surface area contributed by atoms with E-state index in [2.05, 4.69) is 20.0 Å². The lowest BCUT2D eigenvalue weighted by Gasteiger charge is -2.02. The molecule has 0 atom stereocenters. The smallest absolute Gasteiger partial charge is 0.251 e. The van der Waals surface area contributed by atoms with Crippen molar-refractivity contribution >= 4 is 5.82 Å². The van der Waals surface area contributed by atoms with Crippen LogP contribution >= 0.6 is 0 Å². The second kappa shape index (κ2) is 3.73. The van der Waals surface area contributed by atoms with Crippen LogP contribution in [0.4, 0.5) is 5.82 Å². The monoisotopic (exact) mass is 179 g/mol. The van der Waals surface area contributed by atoms with E-state index in [4.69, 9.17) is 5.53 Å². The molecule has 0 radical (unpaired) electrons. The maximum atomic E-state index is 11.0. The molecule has 1 rings (SSSR count). The summed E-state index contributed by atoms with van der Waals surface area (Å²) in [5.41, 5.74) is 7.84. The van der Waals surface area contributed by atoms with E-state index in [-0.39, 0.29) is 17.3 Å². The quantitative estimate of drug-likeness (QED) is 0.426. The number of rotatable bonds is 2. The summed E-state index contributed by atoms with van der Waals surface area (Å²) < 4.78 is 0. The Labute approximate surface area is 74.3 Å². The van der Waals surface area contributed by atoms with Gasteiger partial charge in [0.2, 0.25) is 0 Å². The molecule has 68 valence electrons. The van der Waals surface area contributed by atoms with Crippen molar-refractivity contribution < 1.29 is 0 Å². The normalized spacial score (nSPS) is 9.77. The number of hydrogen-bond acceptors (Lipinski definition) is 3. The Hall–Kier alpha value is -1.81. The van der Waals surface area contributed by atoms with E-state index < -0.39 is 0 Å². The average molecular weight is 179 g/mol. The molecule has 0 amide bonds. The van der Waals surface area contributed by atoms with Gasteiger partial charge in [-0.3, -0.25) is 4.79 Å². The highest BCUT2D eigenvalue weighted by Crippen LogP contribution is 2.10. The molecule has 1 aromatic heterocycles. The summed E-state index contributed by atoms with van der Waals surface area (Å²) in [6.07, 6.45) is 0. The Balaban J connectivity index is 3.26. The molecule has 6 nitrogen and oxygen atoms in total. The minimum absolute atomic E-state index is 0.0987. The maximum Gasteiger partial charge on any atom is 0.251 e. The molecular formula is C7H9N5O. The highest BCUT2D eigenvalue weighted by molar-refractivity contribution is 5.25. The van der Waals surface area contributed by atoms with Crippen LogP contribution in [0.3, 0.4) is 0 Å². The molecule has 0 unspecified atom stereocenters. The Morgan fingerprint density at radius 3 is 2.92 bits per heavy atom. The van der Waals surface area contributed by atoms with Gasteiger partial charge in [0.1, 0.15) is 11.6 Å². The first kappa shape index (κ1) is 9.28. The second-order valence-electron chi connectivity index (χ2n) is 2.83. The van der Waals surface area contributed by atoms with Gasteiger partial charge in [-0.2, -0.15) is 0 Å². The predicted octanol–water partition coefficient (Wildman–Crippen LogP) is 1.84. The van der Waals surface area contributed by atoms with Crippen LogP contribution in [0, 0.1) is 0 Å². The Morgan fingerprint density at radius 2 is 2.38 bits per heavy atom. The van der Waals surface area contributed by atoms with Crippen molar-refractivity contribution in [3.8, 4) is 0 Å². The number of nitrogens with zero attached hydrogens (tertiary/aromatic N) is 4. The Bertz CT molecular complexity index is 402. The first-order valence-electron chi connectivity index (χ1n) is 3.80. The first-order valence-corrected chi connectivity index (χ1v) is 3.80. The predicted molar refractivity (Wildman–Crippen MR) is 47.8 cm³/mol. The van der Waals surface area contributed by atoms with E-state index in [1.54, 1.807) is 0 Å². The van der Waals surface area contributed by atoms with Crippen molar-refractivity contribution in [3.05, 3.63) is 32.7 Å². The number of azide groups is 1. The third-order valence-corrected chi connectivity index (χ3v) is 1.44. The molecule has 0 saturated heterocycles. The molecular weight excluding hydrogens is 170 g/mol. The average Bonchev–Trinajstić information content (AvgIpc) is 2.03. The molecule has 6 heteroatoms. The van der Waals surface area contributed by atoms with Gasteiger partial charge in [-0.25, -0.2) is 4.98 Å². The van der Waals surface area contributed by atoms with E-state index in [0.717, 1.165) is 6.07 Å². The standard InChI is InChI=1S/C7H9N5O/c1-4(2)7-9-5(11-12-8)3-6(13)10-7/h3-4H,1-2H3,(H,9,10,13). The molecule has 0 aliphatic heterocycles. The van der Waals surface area contributed by atoms with Crippen LogP contribution in [0.5, 0.6) is 0 Å². The molecule has 1 heterocycles. The van der Waals surface area contributed by atoms with Gasteiger partial charge in [0.05, 0.1) is 0 Å². The second-order valence-corrected chi connectivity index (χ2v) is 2.83. The highest BCUT2D eigenvalue weighted by atomic mass is 16.1. The van der Waals surface area contributed by atoms with Crippen molar-refractivity contribution in [2.45, 2.75) is 19.8 Å². The molecule has 0 saturated carbocycles. The van der Waals surface area contributed by atoms with Crippen LogP contribution in [0.25, 0.3) is 10.4 Å². The number of aromatic nitrogens is 2. The van der Waals surface area contributed by atoms with Gasteiger partial charge in [0.25, 0.3) is 5.56 Å². The highest BCUT2D eigenvalue weighted by Gasteiger charge is 2.03. The van der Waals surface area contributed by atoms with Crippen LogP contribution < -0.4 is 5.56 Å². The van der Waals surface area contributed by atoms with E-state index in [0.29, 0.717) is 5.82 Å². The number of nitrogens with one attached hydrogen (secondary N) is 1. The lowest BCUT2D eigenvalue weighted by molar-refractivity contribution is 0.767. The SMILES string of the molecule is CC(C)c1nc(N=[N+]=[N-])cc(=O)[nH]1. The number of aromatic amines is 1. The minimum Gasteiger partial charge on any atom is -0.310 e. The van der Waals surface area contributed by atoms with Crippen molar-refractivity contribution in [2.75, 3.05) is 0 Å². The van der Waals surface area contributed by atoms with E-state index in [1.807, 2.05) is 13.8 Å². The number of hydrogen-bond donors (Lipinski definition) is 1. The summed E-state index contributed by atoms with van der Waals surface area (Å²) in [5.74, 6) is 0.728. The molecule has 13 heavy (non-hydrogen) atoms. The molecule has 0 aromatic carbocycles. The van der Waals surface area contributed by atoms with Gasteiger partial charge in [0, 0.05) is 16.9 Å². The fourth-order valence-electron chi connectivity index (χ4n) is 0.834. The van der Waals surface area contributed by atoms with Gasteiger partial charge in [-0.15, -0.1) is 0 Å². The zero-order chi connectivity index (χ0) is 9.84. The van der Waals surface area contributed by atoms with Crippen LogP contribution in [0.2, 0.25) is 0 Å². The van der Waals surface area contributed by atoms with Gasteiger partial charge in [0.15, 0.2) is 0 Å². The third-order valence-electron chi connectivity index (χ3n) is 1.44. The minimum atomic E-state index is -0.305. The molecule has 0 aliphatic rings. The van der Waals surface area contributed by atoms with Crippen molar-refractivity contribution in [1.82, 2.24) is 9.97 Å². The molecule has 0 fully saturated rings. The molecule has 1 aromatic rings. The summed E-state index contributed by atoms with van der Waals surface area (Å²) in [5, 5.41) is 3.26. The fourth-order valence-corrected chi connectivity index (χ4v) is 0.834. The van der Waals surface area contributed by atoms with Gasteiger partial charge in [-0.05, 0) is 10.6 Å².